The van der Waals surface area contributed by atoms with Crippen LogP contribution in [0, 0.1) is 0 Å². The van der Waals surface area contributed by atoms with Crippen LogP contribution in [0.4, 0.5) is 0 Å². The van der Waals surface area contributed by atoms with Gasteiger partial charge in [0.05, 0.1) is 5.97 Å². The predicted molar refractivity (Wildman–Crippen MR) is 35.2 cm³/mol. The second kappa shape index (κ2) is 7.19. The zero-order valence-corrected chi connectivity index (χ0v) is 8.99. The van der Waals surface area contributed by atoms with Gasteiger partial charge in [0.15, 0.2) is 0 Å². The molecule has 0 aromatic rings. The molecule has 9 heteroatoms. The number of quaternary nitrogens is 1. The zero-order chi connectivity index (χ0) is 10.6. The van der Waals surface area contributed by atoms with Gasteiger partial charge in [0.25, 0.3) is 0 Å². The molecule has 0 atom stereocenters. The van der Waals surface area contributed by atoms with Crippen molar-refractivity contribution in [1.29, 1.82) is 0 Å². The molecule has 0 spiro atoms. The number of carbonyl (C=O) groups is 3. The molecule has 0 bridgehead atoms. The van der Waals surface area contributed by atoms with E-state index >= 15 is 0 Å². The van der Waals surface area contributed by atoms with Crippen molar-refractivity contribution in [1.82, 2.24) is 6.15 Å². The molecule has 0 saturated heterocycles. The van der Waals surface area contributed by atoms with Gasteiger partial charge in [-0.3, -0.25) is 0 Å². The molecule has 0 fully saturated rings. The van der Waals surface area contributed by atoms with Crippen LogP contribution >= 0.6 is 0 Å². The van der Waals surface area contributed by atoms with Gasteiger partial charge in [-0.25, -0.2) is 0 Å². The van der Waals surface area contributed by atoms with Crippen LogP contribution < -0.4 is 21.5 Å². The van der Waals surface area contributed by atoms with Gasteiger partial charge >= 0.3 is 17.4 Å². The van der Waals surface area contributed by atoms with Gasteiger partial charge in [0.1, 0.15) is 5.60 Å². The topological polar surface area (TPSA) is 177 Å². The van der Waals surface area contributed by atoms with Gasteiger partial charge in [0.2, 0.25) is 0 Å². The summed E-state index contributed by atoms with van der Waals surface area (Å²) in [4.78, 5) is 30.0. The molecule has 15 heavy (non-hydrogen) atoms. The number of aliphatic carboxylic acids is 3. The monoisotopic (exact) mass is 259 g/mol. The number of aliphatic hydroxyl groups is 1. The van der Waals surface area contributed by atoms with Crippen molar-refractivity contribution in [3.8, 4) is 0 Å². The number of rotatable bonds is 5. The second-order valence-electron chi connectivity index (χ2n) is 2.42. The van der Waals surface area contributed by atoms with Crippen LogP contribution in [0.25, 0.3) is 0 Å². The molecule has 8 nitrogen and oxygen atoms in total. The number of carbonyl (C=O) groups excluding carboxylic acids is 3. The molecule has 0 aliphatic rings. The zero-order valence-electron chi connectivity index (χ0n) is 7.72. The molecular formula is C6H9CrNO7. The Balaban J connectivity index is -0.000000720. The van der Waals surface area contributed by atoms with Crippen LogP contribution in [0.2, 0.25) is 0 Å². The minimum Gasteiger partial charge on any atom is -0.550 e. The van der Waals surface area contributed by atoms with Crippen molar-refractivity contribution >= 4 is 17.9 Å². The Morgan fingerprint density at radius 2 is 1.27 bits per heavy atom. The average molecular weight is 259 g/mol. The van der Waals surface area contributed by atoms with Crippen LogP contribution in [-0.4, -0.2) is 28.6 Å². The maximum Gasteiger partial charge on any atom is 2.00 e. The van der Waals surface area contributed by atoms with E-state index in [1.807, 2.05) is 0 Å². The van der Waals surface area contributed by atoms with E-state index < -0.39 is 36.4 Å². The standard InChI is InChI=1S/C6H8O7.Cr.H3N/c7-3(8)1-6(13,5(11)12)2-4(9)10;;/h13H,1-2H2,(H,7,8)(H,9,10)(H,11,12);;1H3/q;+2;/p-2. The van der Waals surface area contributed by atoms with E-state index in [9.17, 15) is 29.7 Å². The molecule has 0 aliphatic heterocycles. The summed E-state index contributed by atoms with van der Waals surface area (Å²) in [5, 5.41) is 38.9. The first-order chi connectivity index (χ1) is 5.78. The van der Waals surface area contributed by atoms with Gasteiger partial charge in [-0.1, -0.05) is 0 Å². The van der Waals surface area contributed by atoms with Crippen molar-refractivity contribution in [2.24, 2.45) is 0 Å². The summed E-state index contributed by atoms with van der Waals surface area (Å²) in [7, 11) is 0. The van der Waals surface area contributed by atoms with E-state index in [1.54, 1.807) is 0 Å². The minimum atomic E-state index is -2.97. The molecule has 86 valence electrons. The maximum atomic E-state index is 10.1. The Hall–Kier alpha value is -1.14. The van der Waals surface area contributed by atoms with Gasteiger partial charge in [-0.15, -0.1) is 0 Å². The number of carboxylic acid groups (broad SMARTS) is 3. The minimum absolute atomic E-state index is 0. The molecule has 5 N–H and O–H groups in total. The fraction of sp³-hybridized carbons (Fsp3) is 0.500. The Kier molecular flexibility index (Phi) is 9.32. The summed E-state index contributed by atoms with van der Waals surface area (Å²) in [6, 6.07) is 0. The molecule has 0 unspecified atom stereocenters. The molecule has 0 amide bonds. The first-order valence-corrected chi connectivity index (χ1v) is 3.11. The van der Waals surface area contributed by atoms with Crippen LogP contribution in [0.3, 0.4) is 0 Å². The summed E-state index contributed by atoms with van der Waals surface area (Å²) in [5.41, 5.74) is -2.97. The fourth-order valence-corrected chi connectivity index (χ4v) is 0.684. The van der Waals surface area contributed by atoms with Gasteiger partial charge in [0, 0.05) is 24.8 Å². The summed E-state index contributed by atoms with van der Waals surface area (Å²) in [6.45, 7) is 0. The molecule has 0 radical (unpaired) electrons. The third-order valence-electron chi connectivity index (χ3n) is 1.25. The normalized spacial score (nSPS) is 9.40. The van der Waals surface area contributed by atoms with Crippen molar-refractivity contribution in [2.75, 3.05) is 0 Å². The predicted octanol–water partition coefficient (Wildman–Crippen LogP) is -4.88. The smallest absolute Gasteiger partial charge is 0.550 e. The summed E-state index contributed by atoms with van der Waals surface area (Å²) in [5.74, 6) is -5.98. The SMILES string of the molecule is O=C([O-])CC(O)(CC(=O)[O-])C(=O)[O-].[Cr+2].[NH4+]. The number of carboxylic acids is 3. The van der Waals surface area contributed by atoms with E-state index in [4.69, 9.17) is 5.11 Å². The van der Waals surface area contributed by atoms with Gasteiger partial charge in [-0.05, 0) is 0 Å². The summed E-state index contributed by atoms with van der Waals surface area (Å²) in [6.07, 6.45) is -2.72. The van der Waals surface area contributed by atoms with E-state index in [2.05, 4.69) is 0 Å². The maximum absolute atomic E-state index is 10.1. The number of hydrogen-bond donors (Lipinski definition) is 2. The quantitative estimate of drug-likeness (QED) is 0.496. The Morgan fingerprint density at radius 3 is 1.40 bits per heavy atom. The largest absolute Gasteiger partial charge is 2.00 e. The van der Waals surface area contributed by atoms with E-state index in [0.29, 0.717) is 0 Å². The van der Waals surface area contributed by atoms with Gasteiger partial charge < -0.3 is 41.0 Å². The molecule has 0 aliphatic carbocycles. The van der Waals surface area contributed by atoms with Crippen LogP contribution in [0.5, 0.6) is 0 Å². The molecule has 0 aromatic heterocycles. The summed E-state index contributed by atoms with van der Waals surface area (Å²) < 4.78 is 0. The van der Waals surface area contributed by atoms with E-state index in [0.717, 1.165) is 0 Å². The van der Waals surface area contributed by atoms with Crippen molar-refractivity contribution in [2.45, 2.75) is 18.4 Å². The fourth-order valence-electron chi connectivity index (χ4n) is 0.684. The summed E-state index contributed by atoms with van der Waals surface area (Å²) >= 11 is 0. The van der Waals surface area contributed by atoms with Gasteiger partial charge in [-0.2, -0.15) is 0 Å². The molecule has 0 aromatic carbocycles. The van der Waals surface area contributed by atoms with E-state index in [1.165, 1.54) is 0 Å². The first-order valence-electron chi connectivity index (χ1n) is 3.11. The van der Waals surface area contributed by atoms with Crippen molar-refractivity contribution in [3.63, 3.8) is 0 Å². The van der Waals surface area contributed by atoms with Crippen LogP contribution in [-0.2, 0) is 31.7 Å². The van der Waals surface area contributed by atoms with E-state index in [-0.39, 0.29) is 23.5 Å². The first kappa shape index (κ1) is 19.4. The molecule has 0 rings (SSSR count). The Morgan fingerprint density at radius 1 is 1.00 bits per heavy atom. The third kappa shape index (κ3) is 6.87. The Bertz CT molecular complexity index is 238. The van der Waals surface area contributed by atoms with Crippen molar-refractivity contribution in [3.05, 3.63) is 0 Å². The number of hydrogen-bond acceptors (Lipinski definition) is 7. The second-order valence-corrected chi connectivity index (χ2v) is 2.42. The van der Waals surface area contributed by atoms with Crippen LogP contribution in [0.1, 0.15) is 12.8 Å². The molecule has 0 saturated carbocycles. The third-order valence-corrected chi connectivity index (χ3v) is 1.25. The molecule has 0 heterocycles. The Labute approximate surface area is 95.2 Å². The molecular weight excluding hydrogens is 250 g/mol. The average Bonchev–Trinajstić information content (AvgIpc) is 1.82. The van der Waals surface area contributed by atoms with Crippen LogP contribution in [0.15, 0.2) is 0 Å². The van der Waals surface area contributed by atoms with Crippen molar-refractivity contribution < 1.29 is 52.2 Å².